The topological polar surface area (TPSA) is 68.0 Å². The number of nitrogens with one attached hydrogen (secondary N) is 1. The molecule has 0 radical (unpaired) electrons. The minimum absolute atomic E-state index is 0.0983. The van der Waals surface area contributed by atoms with Crippen molar-refractivity contribution in [2.75, 3.05) is 11.1 Å². The van der Waals surface area contributed by atoms with Crippen LogP contribution in [0.2, 0.25) is 10.0 Å². The van der Waals surface area contributed by atoms with E-state index >= 15 is 0 Å². The van der Waals surface area contributed by atoms with E-state index in [1.807, 2.05) is 12.1 Å². The van der Waals surface area contributed by atoms with Crippen LogP contribution in [0.25, 0.3) is 0 Å². The molecule has 7 heteroatoms. The standard InChI is InChI=1S/C12H9Cl2N3OS/c13-7-3-1-2-5(9(7)14)6-4-8(18)16-11-10(6)19-12(15)17-11/h1-3,6H,4H2,(H2,15,17)(H,16,18). The first kappa shape index (κ1) is 12.7. The van der Waals surface area contributed by atoms with Crippen molar-refractivity contribution in [1.29, 1.82) is 0 Å². The highest BCUT2D eigenvalue weighted by atomic mass is 35.5. The number of carbonyl (C=O) groups is 1. The molecule has 1 aromatic heterocycles. The van der Waals surface area contributed by atoms with E-state index in [0.717, 1.165) is 10.4 Å². The van der Waals surface area contributed by atoms with Crippen molar-refractivity contribution in [3.8, 4) is 0 Å². The number of carbonyl (C=O) groups excluding carboxylic acids is 1. The Morgan fingerprint density at radius 2 is 2.21 bits per heavy atom. The quantitative estimate of drug-likeness (QED) is 0.846. The number of halogens is 2. The lowest BCUT2D eigenvalue weighted by Crippen LogP contribution is -2.22. The summed E-state index contributed by atoms with van der Waals surface area (Å²) in [5.41, 5.74) is 6.54. The minimum Gasteiger partial charge on any atom is -0.375 e. The van der Waals surface area contributed by atoms with Gasteiger partial charge in [-0.3, -0.25) is 4.79 Å². The number of nitrogens with two attached hydrogens (primary N) is 1. The fourth-order valence-electron chi connectivity index (χ4n) is 2.18. The number of hydrogen-bond acceptors (Lipinski definition) is 4. The number of anilines is 2. The first-order chi connectivity index (χ1) is 9.06. The van der Waals surface area contributed by atoms with Gasteiger partial charge >= 0.3 is 0 Å². The summed E-state index contributed by atoms with van der Waals surface area (Å²) in [6.45, 7) is 0. The van der Waals surface area contributed by atoms with Crippen LogP contribution in [0.5, 0.6) is 0 Å². The van der Waals surface area contributed by atoms with Gasteiger partial charge in [-0.2, -0.15) is 0 Å². The third-order valence-electron chi connectivity index (χ3n) is 2.99. The number of aromatic nitrogens is 1. The molecular formula is C12H9Cl2N3OS. The lowest BCUT2D eigenvalue weighted by atomic mass is 9.91. The summed E-state index contributed by atoms with van der Waals surface area (Å²) < 4.78 is 0. The summed E-state index contributed by atoms with van der Waals surface area (Å²) in [6.07, 6.45) is 0.314. The van der Waals surface area contributed by atoms with Crippen LogP contribution in [-0.4, -0.2) is 10.9 Å². The number of rotatable bonds is 1. The van der Waals surface area contributed by atoms with Crippen molar-refractivity contribution in [3.05, 3.63) is 38.7 Å². The Balaban J connectivity index is 2.15. The van der Waals surface area contributed by atoms with Crippen LogP contribution >= 0.6 is 34.5 Å². The van der Waals surface area contributed by atoms with Crippen LogP contribution < -0.4 is 11.1 Å². The fraction of sp³-hybridized carbons (Fsp3) is 0.167. The SMILES string of the molecule is Nc1nc2c(s1)C(c1cccc(Cl)c1Cl)CC(=O)N2. The van der Waals surface area contributed by atoms with Gasteiger partial charge in [-0.1, -0.05) is 46.7 Å². The van der Waals surface area contributed by atoms with Crippen LogP contribution in [0.1, 0.15) is 22.8 Å². The fourth-order valence-corrected chi connectivity index (χ4v) is 3.52. The molecule has 1 aromatic carbocycles. The van der Waals surface area contributed by atoms with Crippen molar-refractivity contribution in [3.63, 3.8) is 0 Å². The maximum atomic E-state index is 11.8. The predicted octanol–water partition coefficient (Wildman–Crippen LogP) is 3.51. The van der Waals surface area contributed by atoms with Gasteiger partial charge in [0.05, 0.1) is 14.9 Å². The highest BCUT2D eigenvalue weighted by Crippen LogP contribution is 2.44. The molecule has 1 aliphatic rings. The van der Waals surface area contributed by atoms with Gasteiger partial charge in [0.1, 0.15) is 5.82 Å². The Bertz CT molecular complexity index is 671. The van der Waals surface area contributed by atoms with Gasteiger partial charge in [-0.15, -0.1) is 0 Å². The van der Waals surface area contributed by atoms with Gasteiger partial charge in [0.15, 0.2) is 5.13 Å². The number of amides is 1. The largest absolute Gasteiger partial charge is 0.375 e. The average Bonchev–Trinajstić information content (AvgIpc) is 2.72. The molecule has 4 nitrogen and oxygen atoms in total. The van der Waals surface area contributed by atoms with Crippen LogP contribution in [-0.2, 0) is 4.79 Å². The van der Waals surface area contributed by atoms with Crippen molar-refractivity contribution < 1.29 is 4.79 Å². The van der Waals surface area contributed by atoms with Crippen molar-refractivity contribution in [1.82, 2.24) is 4.98 Å². The van der Waals surface area contributed by atoms with E-state index in [4.69, 9.17) is 28.9 Å². The molecule has 3 N–H and O–H groups in total. The zero-order chi connectivity index (χ0) is 13.6. The first-order valence-corrected chi connectivity index (χ1v) is 7.13. The van der Waals surface area contributed by atoms with Gasteiger partial charge < -0.3 is 11.1 Å². The Labute approximate surface area is 123 Å². The maximum absolute atomic E-state index is 11.8. The van der Waals surface area contributed by atoms with E-state index in [1.54, 1.807) is 6.07 Å². The molecule has 0 saturated carbocycles. The molecular weight excluding hydrogens is 305 g/mol. The summed E-state index contributed by atoms with van der Waals surface area (Å²) in [5.74, 6) is 0.281. The minimum atomic E-state index is -0.148. The van der Waals surface area contributed by atoms with E-state index in [-0.39, 0.29) is 11.8 Å². The Morgan fingerprint density at radius 3 is 3.00 bits per heavy atom. The number of hydrogen-bond donors (Lipinski definition) is 2. The molecule has 1 aliphatic heterocycles. The second-order valence-corrected chi connectivity index (χ2v) is 6.06. The molecule has 19 heavy (non-hydrogen) atoms. The van der Waals surface area contributed by atoms with E-state index in [0.29, 0.717) is 27.4 Å². The van der Waals surface area contributed by atoms with Gasteiger partial charge in [0, 0.05) is 12.3 Å². The van der Waals surface area contributed by atoms with Crippen LogP contribution in [0, 0.1) is 0 Å². The third-order valence-corrected chi connectivity index (χ3v) is 4.82. The van der Waals surface area contributed by atoms with Gasteiger partial charge in [0.25, 0.3) is 0 Å². The van der Waals surface area contributed by atoms with Crippen LogP contribution in [0.15, 0.2) is 18.2 Å². The number of thiazole rings is 1. The molecule has 1 unspecified atom stereocenters. The highest BCUT2D eigenvalue weighted by Gasteiger charge is 2.31. The highest BCUT2D eigenvalue weighted by molar-refractivity contribution is 7.16. The average molecular weight is 314 g/mol. The monoisotopic (exact) mass is 313 g/mol. The molecule has 2 heterocycles. The Morgan fingerprint density at radius 1 is 1.42 bits per heavy atom. The van der Waals surface area contributed by atoms with Crippen molar-refractivity contribution in [2.45, 2.75) is 12.3 Å². The molecule has 3 rings (SSSR count). The Hall–Kier alpha value is -1.30. The lowest BCUT2D eigenvalue weighted by Gasteiger charge is -2.22. The Kier molecular flexibility index (Phi) is 3.12. The number of benzene rings is 1. The molecule has 98 valence electrons. The molecule has 0 fully saturated rings. The molecule has 0 spiro atoms. The molecule has 0 bridgehead atoms. The van der Waals surface area contributed by atoms with E-state index in [9.17, 15) is 4.79 Å². The second-order valence-electron chi connectivity index (χ2n) is 4.21. The smallest absolute Gasteiger partial charge is 0.226 e. The molecule has 1 amide bonds. The second kappa shape index (κ2) is 4.67. The summed E-state index contributed by atoms with van der Waals surface area (Å²) in [5, 5.41) is 4.10. The van der Waals surface area contributed by atoms with Crippen LogP contribution in [0.4, 0.5) is 10.9 Å². The summed E-state index contributed by atoms with van der Waals surface area (Å²) in [6, 6.07) is 5.41. The van der Waals surface area contributed by atoms with Gasteiger partial charge in [0.2, 0.25) is 5.91 Å². The molecule has 0 saturated heterocycles. The van der Waals surface area contributed by atoms with Crippen molar-refractivity contribution in [2.24, 2.45) is 0 Å². The van der Waals surface area contributed by atoms with Gasteiger partial charge in [-0.25, -0.2) is 4.98 Å². The van der Waals surface area contributed by atoms with Crippen LogP contribution in [0.3, 0.4) is 0 Å². The van der Waals surface area contributed by atoms with E-state index < -0.39 is 0 Å². The zero-order valence-corrected chi connectivity index (χ0v) is 11.9. The number of nitrogen functional groups attached to an aromatic ring is 1. The lowest BCUT2D eigenvalue weighted by molar-refractivity contribution is -0.116. The number of fused-ring (bicyclic) bond motifs is 1. The van der Waals surface area contributed by atoms with E-state index in [1.165, 1.54) is 11.3 Å². The predicted molar refractivity (Wildman–Crippen MR) is 78.1 cm³/mol. The van der Waals surface area contributed by atoms with Gasteiger partial charge in [-0.05, 0) is 11.6 Å². The summed E-state index contributed by atoms with van der Waals surface area (Å²) in [7, 11) is 0. The van der Waals surface area contributed by atoms with E-state index in [2.05, 4.69) is 10.3 Å². The third kappa shape index (κ3) is 2.18. The molecule has 1 atom stereocenters. The molecule has 0 aliphatic carbocycles. The van der Waals surface area contributed by atoms with Crippen molar-refractivity contribution >= 4 is 51.4 Å². The zero-order valence-electron chi connectivity index (χ0n) is 9.61. The first-order valence-electron chi connectivity index (χ1n) is 5.56. The maximum Gasteiger partial charge on any atom is 0.226 e. The summed E-state index contributed by atoms with van der Waals surface area (Å²) in [4.78, 5) is 16.8. The molecule has 2 aromatic rings. The summed E-state index contributed by atoms with van der Waals surface area (Å²) >= 11 is 13.6. The number of nitrogens with zero attached hydrogens (tertiary/aromatic N) is 1. The normalized spacial score (nSPS) is 18.0.